The molecule has 2 heterocycles. The predicted molar refractivity (Wildman–Crippen MR) is 76.6 cm³/mol. The van der Waals surface area contributed by atoms with Gasteiger partial charge >= 0.3 is 5.97 Å². The number of hydrogen-bond donors (Lipinski definition) is 0. The van der Waals surface area contributed by atoms with Crippen molar-refractivity contribution in [3.05, 3.63) is 24.3 Å². The van der Waals surface area contributed by atoms with Gasteiger partial charge in [0.15, 0.2) is 0 Å². The van der Waals surface area contributed by atoms with Gasteiger partial charge in [-0.2, -0.15) is 4.37 Å². The number of carbonyl (C=O) groups is 1. The molecule has 100 valence electrons. The minimum atomic E-state index is -0.149. The Morgan fingerprint density at radius 2 is 2.37 bits per heavy atom. The van der Waals surface area contributed by atoms with Crippen LogP contribution in [0.2, 0.25) is 0 Å². The van der Waals surface area contributed by atoms with Crippen LogP contribution in [0.1, 0.15) is 19.8 Å². The molecule has 2 aromatic rings. The molecule has 1 saturated heterocycles. The largest absolute Gasteiger partial charge is 0.464 e. The van der Waals surface area contributed by atoms with Gasteiger partial charge in [0.25, 0.3) is 0 Å². The summed E-state index contributed by atoms with van der Waals surface area (Å²) in [5.74, 6) is -0.113. The summed E-state index contributed by atoms with van der Waals surface area (Å²) in [4.78, 5) is 14.2. The number of hydrogen-bond acceptors (Lipinski definition) is 5. The van der Waals surface area contributed by atoms with Crippen LogP contribution in [0.3, 0.4) is 0 Å². The van der Waals surface area contributed by atoms with Gasteiger partial charge in [-0.15, -0.1) is 0 Å². The van der Waals surface area contributed by atoms with Crippen LogP contribution >= 0.6 is 11.5 Å². The number of ether oxygens (including phenoxy) is 1. The van der Waals surface area contributed by atoms with Gasteiger partial charge in [0.2, 0.25) is 0 Å². The van der Waals surface area contributed by atoms with Crippen LogP contribution in [-0.4, -0.2) is 29.5 Å². The Morgan fingerprint density at radius 1 is 1.53 bits per heavy atom. The highest BCUT2D eigenvalue weighted by Crippen LogP contribution is 2.35. The molecule has 1 aliphatic rings. The zero-order valence-corrected chi connectivity index (χ0v) is 11.7. The second-order valence-electron chi connectivity index (χ2n) is 4.61. The van der Waals surface area contributed by atoms with E-state index in [0.29, 0.717) is 6.61 Å². The lowest BCUT2D eigenvalue weighted by Gasteiger charge is -2.23. The quantitative estimate of drug-likeness (QED) is 0.808. The molecule has 0 bridgehead atoms. The highest BCUT2D eigenvalue weighted by atomic mass is 32.1. The van der Waals surface area contributed by atoms with Crippen molar-refractivity contribution in [2.24, 2.45) is 0 Å². The van der Waals surface area contributed by atoms with Crippen LogP contribution in [0.15, 0.2) is 24.3 Å². The van der Waals surface area contributed by atoms with Gasteiger partial charge in [0.1, 0.15) is 11.0 Å². The first-order chi connectivity index (χ1) is 9.31. The first-order valence-electron chi connectivity index (χ1n) is 6.59. The summed E-state index contributed by atoms with van der Waals surface area (Å²) in [5, 5.41) is 2.22. The second-order valence-corrected chi connectivity index (χ2v) is 5.36. The van der Waals surface area contributed by atoms with E-state index in [9.17, 15) is 4.79 Å². The Morgan fingerprint density at radius 3 is 3.21 bits per heavy atom. The third kappa shape index (κ3) is 2.18. The Bertz CT molecular complexity index is 596. The van der Waals surface area contributed by atoms with E-state index in [1.165, 1.54) is 11.5 Å². The first kappa shape index (κ1) is 12.4. The van der Waals surface area contributed by atoms with E-state index < -0.39 is 0 Å². The average Bonchev–Trinajstić information content (AvgIpc) is 3.05. The van der Waals surface area contributed by atoms with Gasteiger partial charge in [-0.1, -0.05) is 12.1 Å². The second kappa shape index (κ2) is 5.17. The molecule has 0 spiro atoms. The number of nitrogens with zero attached hydrogens (tertiary/aromatic N) is 2. The molecule has 5 heteroatoms. The summed E-state index contributed by atoms with van der Waals surface area (Å²) in [7, 11) is 0. The zero-order chi connectivity index (χ0) is 13.2. The van der Waals surface area contributed by atoms with Gasteiger partial charge in [0, 0.05) is 11.9 Å². The van der Waals surface area contributed by atoms with Gasteiger partial charge in [-0.25, -0.2) is 4.79 Å². The first-order valence-corrected chi connectivity index (χ1v) is 7.36. The Kier molecular flexibility index (Phi) is 3.38. The number of anilines is 1. The smallest absolute Gasteiger partial charge is 0.328 e. The van der Waals surface area contributed by atoms with Crippen molar-refractivity contribution in [2.75, 3.05) is 18.1 Å². The normalized spacial score (nSPS) is 19.0. The third-order valence-electron chi connectivity index (χ3n) is 3.44. The van der Waals surface area contributed by atoms with Crippen LogP contribution in [0, 0.1) is 0 Å². The summed E-state index contributed by atoms with van der Waals surface area (Å²) in [5.41, 5.74) is 0.997. The van der Waals surface area contributed by atoms with Crippen molar-refractivity contribution in [2.45, 2.75) is 25.8 Å². The third-order valence-corrected chi connectivity index (χ3v) is 4.35. The fourth-order valence-electron chi connectivity index (χ4n) is 2.58. The molecule has 0 aliphatic carbocycles. The highest BCUT2D eigenvalue weighted by Gasteiger charge is 2.33. The molecule has 3 rings (SSSR count). The van der Waals surface area contributed by atoms with Gasteiger partial charge < -0.3 is 9.64 Å². The average molecular weight is 276 g/mol. The summed E-state index contributed by atoms with van der Waals surface area (Å²) in [6.07, 6.45) is 1.89. The van der Waals surface area contributed by atoms with E-state index in [4.69, 9.17) is 4.74 Å². The van der Waals surface area contributed by atoms with Crippen LogP contribution in [0.25, 0.3) is 10.9 Å². The van der Waals surface area contributed by atoms with Crippen molar-refractivity contribution < 1.29 is 9.53 Å². The van der Waals surface area contributed by atoms with Crippen molar-refractivity contribution in [1.29, 1.82) is 0 Å². The molecule has 1 aliphatic heterocycles. The maximum atomic E-state index is 12.0. The number of esters is 1. The molecule has 0 saturated carbocycles. The Labute approximate surface area is 116 Å². The Balaban J connectivity index is 1.94. The van der Waals surface area contributed by atoms with E-state index in [-0.39, 0.29) is 12.0 Å². The van der Waals surface area contributed by atoms with Crippen LogP contribution in [-0.2, 0) is 9.53 Å². The lowest BCUT2D eigenvalue weighted by atomic mass is 10.2. The minimum absolute atomic E-state index is 0.113. The maximum Gasteiger partial charge on any atom is 0.328 e. The maximum absolute atomic E-state index is 12.0. The lowest BCUT2D eigenvalue weighted by Crippen LogP contribution is -2.36. The van der Waals surface area contributed by atoms with Crippen molar-refractivity contribution in [3.8, 4) is 0 Å². The van der Waals surface area contributed by atoms with Crippen molar-refractivity contribution in [1.82, 2.24) is 4.37 Å². The summed E-state index contributed by atoms with van der Waals surface area (Å²) < 4.78 is 9.62. The van der Waals surface area contributed by atoms with Crippen LogP contribution in [0.4, 0.5) is 5.00 Å². The number of rotatable bonds is 3. The topological polar surface area (TPSA) is 42.4 Å². The molecule has 1 unspecified atom stereocenters. The molecule has 0 radical (unpaired) electrons. The molecule has 0 N–H and O–H groups in total. The van der Waals surface area contributed by atoms with E-state index in [2.05, 4.69) is 15.3 Å². The molecule has 1 atom stereocenters. The molecule has 1 fully saturated rings. The summed E-state index contributed by atoms with van der Waals surface area (Å²) in [6, 6.07) is 7.91. The SMILES string of the molecule is CCOC(=O)C1CCCN1c1snc2ccccc12. The highest BCUT2D eigenvalue weighted by molar-refractivity contribution is 7.11. The predicted octanol–water partition coefficient (Wildman–Crippen LogP) is 2.83. The number of benzene rings is 1. The number of aromatic nitrogens is 1. The fraction of sp³-hybridized carbons (Fsp3) is 0.429. The van der Waals surface area contributed by atoms with Crippen molar-refractivity contribution in [3.63, 3.8) is 0 Å². The van der Waals surface area contributed by atoms with E-state index >= 15 is 0 Å². The van der Waals surface area contributed by atoms with Gasteiger partial charge in [-0.3, -0.25) is 0 Å². The van der Waals surface area contributed by atoms with Crippen molar-refractivity contribution >= 4 is 33.4 Å². The van der Waals surface area contributed by atoms with Gasteiger partial charge in [0.05, 0.1) is 12.1 Å². The minimum Gasteiger partial charge on any atom is -0.464 e. The summed E-state index contributed by atoms with van der Waals surface area (Å²) >= 11 is 1.47. The summed E-state index contributed by atoms with van der Waals surface area (Å²) in [6.45, 7) is 3.18. The van der Waals surface area contributed by atoms with E-state index in [0.717, 1.165) is 35.3 Å². The zero-order valence-electron chi connectivity index (χ0n) is 10.8. The molecule has 1 aromatic carbocycles. The molecule has 0 amide bonds. The van der Waals surface area contributed by atoms with Crippen LogP contribution in [0.5, 0.6) is 0 Å². The molecule has 4 nitrogen and oxygen atoms in total. The molecule has 19 heavy (non-hydrogen) atoms. The van der Waals surface area contributed by atoms with Crippen LogP contribution < -0.4 is 4.90 Å². The molecular formula is C14H16N2O2S. The Hall–Kier alpha value is -1.62. The van der Waals surface area contributed by atoms with E-state index in [1.807, 2.05) is 25.1 Å². The fourth-order valence-corrected chi connectivity index (χ4v) is 3.51. The monoisotopic (exact) mass is 276 g/mol. The number of fused-ring (bicyclic) bond motifs is 1. The van der Waals surface area contributed by atoms with Gasteiger partial charge in [-0.05, 0) is 43.4 Å². The number of carbonyl (C=O) groups excluding carboxylic acids is 1. The lowest BCUT2D eigenvalue weighted by molar-refractivity contribution is -0.144. The molecular weight excluding hydrogens is 260 g/mol. The standard InChI is InChI=1S/C14H16N2O2S/c1-2-18-14(17)12-8-5-9-16(12)13-10-6-3-4-7-11(10)15-19-13/h3-4,6-7,12H,2,5,8-9H2,1H3. The van der Waals surface area contributed by atoms with E-state index in [1.54, 1.807) is 0 Å². The molecule has 1 aromatic heterocycles.